The van der Waals surface area contributed by atoms with E-state index in [0.29, 0.717) is 4.47 Å². The predicted octanol–water partition coefficient (Wildman–Crippen LogP) is 2.51. The van der Waals surface area contributed by atoms with Crippen molar-refractivity contribution in [2.45, 2.75) is 20.4 Å². The zero-order valence-corrected chi connectivity index (χ0v) is 11.5. The van der Waals surface area contributed by atoms with Gasteiger partial charge in [-0.1, -0.05) is 29.8 Å². The molecule has 0 fully saturated rings. The average molecular weight is 316 g/mol. The fourth-order valence-electron chi connectivity index (χ4n) is 1.81. The Morgan fingerprint density at radius 3 is 2.67 bits per heavy atom. The van der Waals surface area contributed by atoms with Crippen LogP contribution in [0.1, 0.15) is 13.8 Å². The second-order valence-corrected chi connectivity index (χ2v) is 5.36. The molecule has 0 aliphatic heterocycles. The van der Waals surface area contributed by atoms with Gasteiger partial charge in [0.2, 0.25) is 0 Å². The standard InChI is InChI=1S/C12H11BrFNO3/c1-6(2)5-15-10-8(11(16)18-12(15)17)3-7(13)4-9(10)14/h3-4,6H,5H2,1-2H3. The van der Waals surface area contributed by atoms with Crippen molar-refractivity contribution in [2.75, 3.05) is 0 Å². The van der Waals surface area contributed by atoms with Gasteiger partial charge in [-0.3, -0.25) is 4.57 Å². The SMILES string of the molecule is CC(C)Cn1c(=O)oc(=O)c2cc(Br)cc(F)c21. The molecule has 0 aliphatic rings. The Balaban J connectivity index is 2.93. The van der Waals surface area contributed by atoms with Crippen molar-refractivity contribution in [3.8, 4) is 0 Å². The van der Waals surface area contributed by atoms with E-state index < -0.39 is 17.2 Å². The summed E-state index contributed by atoms with van der Waals surface area (Å²) in [5.41, 5.74) is -0.830. The van der Waals surface area contributed by atoms with Crippen LogP contribution >= 0.6 is 15.9 Å². The molecule has 0 N–H and O–H groups in total. The largest absolute Gasteiger partial charge is 0.422 e. The van der Waals surface area contributed by atoms with E-state index in [0.717, 1.165) is 4.57 Å². The molecule has 18 heavy (non-hydrogen) atoms. The predicted molar refractivity (Wildman–Crippen MR) is 69.2 cm³/mol. The Kier molecular flexibility index (Phi) is 3.38. The monoisotopic (exact) mass is 315 g/mol. The van der Waals surface area contributed by atoms with Crippen molar-refractivity contribution in [2.24, 2.45) is 5.92 Å². The molecule has 0 saturated heterocycles. The van der Waals surface area contributed by atoms with Gasteiger partial charge in [-0.25, -0.2) is 14.0 Å². The number of halogens is 2. The maximum Gasteiger partial charge on any atom is 0.422 e. The molecule has 0 unspecified atom stereocenters. The van der Waals surface area contributed by atoms with E-state index in [9.17, 15) is 14.0 Å². The molecule has 0 bridgehead atoms. The van der Waals surface area contributed by atoms with Gasteiger partial charge in [0.1, 0.15) is 5.82 Å². The number of hydrogen-bond acceptors (Lipinski definition) is 3. The summed E-state index contributed by atoms with van der Waals surface area (Å²) in [6.07, 6.45) is 0. The van der Waals surface area contributed by atoms with Crippen LogP contribution in [0.5, 0.6) is 0 Å². The van der Waals surface area contributed by atoms with Crippen LogP contribution in [0.4, 0.5) is 4.39 Å². The lowest BCUT2D eigenvalue weighted by Crippen LogP contribution is -2.27. The highest BCUT2D eigenvalue weighted by Crippen LogP contribution is 2.20. The molecular weight excluding hydrogens is 305 g/mol. The van der Waals surface area contributed by atoms with Crippen molar-refractivity contribution >= 4 is 26.8 Å². The number of aromatic nitrogens is 1. The Morgan fingerprint density at radius 1 is 1.39 bits per heavy atom. The number of hydrogen-bond donors (Lipinski definition) is 0. The van der Waals surface area contributed by atoms with Crippen LogP contribution in [0.3, 0.4) is 0 Å². The smallest absolute Gasteiger partial charge is 0.372 e. The second kappa shape index (κ2) is 4.68. The minimum atomic E-state index is -0.831. The number of nitrogens with zero attached hydrogens (tertiary/aromatic N) is 1. The summed E-state index contributed by atoms with van der Waals surface area (Å²) in [5, 5.41) is 0.0575. The minimum absolute atomic E-state index is 0.00634. The van der Waals surface area contributed by atoms with E-state index in [-0.39, 0.29) is 23.4 Å². The summed E-state index contributed by atoms with van der Waals surface area (Å²) in [5.74, 6) is -1.32. The van der Waals surface area contributed by atoms with Crippen molar-refractivity contribution in [3.63, 3.8) is 0 Å². The van der Waals surface area contributed by atoms with Gasteiger partial charge in [-0.15, -0.1) is 0 Å². The first-order chi connectivity index (χ1) is 8.40. The van der Waals surface area contributed by atoms with Crippen LogP contribution in [0.25, 0.3) is 10.9 Å². The highest BCUT2D eigenvalue weighted by molar-refractivity contribution is 9.10. The summed E-state index contributed by atoms with van der Waals surface area (Å²) in [6.45, 7) is 4.07. The van der Waals surface area contributed by atoms with E-state index >= 15 is 0 Å². The highest BCUT2D eigenvalue weighted by atomic mass is 79.9. The summed E-state index contributed by atoms with van der Waals surface area (Å²) < 4.78 is 20.1. The molecule has 2 aromatic rings. The normalized spacial score (nSPS) is 11.4. The number of rotatable bonds is 2. The molecule has 0 spiro atoms. The third-order valence-electron chi connectivity index (χ3n) is 2.47. The Morgan fingerprint density at radius 2 is 2.06 bits per heavy atom. The lowest BCUT2D eigenvalue weighted by molar-refractivity contribution is 0.389. The van der Waals surface area contributed by atoms with Gasteiger partial charge in [0, 0.05) is 11.0 Å². The molecule has 6 heteroatoms. The molecule has 4 nitrogen and oxygen atoms in total. The highest BCUT2D eigenvalue weighted by Gasteiger charge is 2.15. The third kappa shape index (κ3) is 2.25. The van der Waals surface area contributed by atoms with E-state index in [1.54, 1.807) is 0 Å². The lowest BCUT2D eigenvalue weighted by atomic mass is 10.2. The molecule has 0 saturated carbocycles. The summed E-state index contributed by atoms with van der Waals surface area (Å²) in [6, 6.07) is 2.67. The zero-order valence-electron chi connectivity index (χ0n) is 9.87. The lowest BCUT2D eigenvalue weighted by Gasteiger charge is -2.11. The van der Waals surface area contributed by atoms with Crippen molar-refractivity contribution in [3.05, 3.63) is 43.4 Å². The van der Waals surface area contributed by atoms with Crippen LogP contribution in [0.2, 0.25) is 0 Å². The van der Waals surface area contributed by atoms with Gasteiger partial charge in [-0.2, -0.15) is 0 Å². The molecule has 0 radical (unpaired) electrons. The number of benzene rings is 1. The Labute approximate surface area is 110 Å². The fraction of sp³-hybridized carbons (Fsp3) is 0.333. The summed E-state index contributed by atoms with van der Waals surface area (Å²) >= 11 is 3.10. The van der Waals surface area contributed by atoms with Crippen molar-refractivity contribution in [1.29, 1.82) is 0 Å². The molecule has 1 aromatic carbocycles. The molecule has 0 amide bonds. The zero-order chi connectivity index (χ0) is 13.4. The molecule has 0 aliphatic carbocycles. The van der Waals surface area contributed by atoms with Gasteiger partial charge >= 0.3 is 11.4 Å². The van der Waals surface area contributed by atoms with Crippen LogP contribution in [-0.4, -0.2) is 4.57 Å². The molecular formula is C12H11BrFNO3. The minimum Gasteiger partial charge on any atom is -0.372 e. The molecule has 96 valence electrons. The third-order valence-corrected chi connectivity index (χ3v) is 2.92. The molecule has 1 aromatic heterocycles. The first kappa shape index (κ1) is 13.0. The summed E-state index contributed by atoms with van der Waals surface area (Å²) in [7, 11) is 0. The Bertz CT molecular complexity index is 718. The maximum absolute atomic E-state index is 13.9. The van der Waals surface area contributed by atoms with Gasteiger partial charge < -0.3 is 4.42 Å². The van der Waals surface area contributed by atoms with Gasteiger partial charge in [-0.05, 0) is 18.1 Å². The van der Waals surface area contributed by atoms with Gasteiger partial charge in [0.25, 0.3) is 0 Å². The van der Waals surface area contributed by atoms with Crippen LogP contribution in [-0.2, 0) is 6.54 Å². The molecule has 2 rings (SSSR count). The van der Waals surface area contributed by atoms with Crippen LogP contribution < -0.4 is 11.4 Å². The van der Waals surface area contributed by atoms with Gasteiger partial charge in [0.15, 0.2) is 0 Å². The molecule has 0 atom stereocenters. The van der Waals surface area contributed by atoms with E-state index in [1.807, 2.05) is 13.8 Å². The van der Waals surface area contributed by atoms with E-state index in [4.69, 9.17) is 0 Å². The topological polar surface area (TPSA) is 52.2 Å². The van der Waals surface area contributed by atoms with E-state index in [2.05, 4.69) is 20.3 Å². The quantitative estimate of drug-likeness (QED) is 0.855. The fourth-order valence-corrected chi connectivity index (χ4v) is 2.24. The maximum atomic E-state index is 13.9. The summed E-state index contributed by atoms with van der Waals surface area (Å²) in [4.78, 5) is 23.2. The van der Waals surface area contributed by atoms with E-state index in [1.165, 1.54) is 12.1 Å². The average Bonchev–Trinajstić information content (AvgIpc) is 2.23. The van der Waals surface area contributed by atoms with Crippen LogP contribution in [0, 0.1) is 11.7 Å². The number of fused-ring (bicyclic) bond motifs is 1. The first-order valence-electron chi connectivity index (χ1n) is 5.43. The van der Waals surface area contributed by atoms with Gasteiger partial charge in [0.05, 0.1) is 10.9 Å². The van der Waals surface area contributed by atoms with Crippen LogP contribution in [0.15, 0.2) is 30.6 Å². The van der Waals surface area contributed by atoms with Crippen molar-refractivity contribution in [1.82, 2.24) is 4.57 Å². The second-order valence-electron chi connectivity index (χ2n) is 4.44. The van der Waals surface area contributed by atoms with Crippen molar-refractivity contribution < 1.29 is 8.81 Å². The molecule has 1 heterocycles. The first-order valence-corrected chi connectivity index (χ1v) is 6.22. The Hall–Kier alpha value is -1.43.